The lowest BCUT2D eigenvalue weighted by atomic mass is 10.0. The van der Waals surface area contributed by atoms with Crippen LogP contribution in [0.5, 0.6) is 0 Å². The molecule has 0 spiro atoms. The van der Waals surface area contributed by atoms with E-state index in [9.17, 15) is 18.0 Å². The number of fused-ring (bicyclic) bond motifs is 1. The predicted octanol–water partition coefficient (Wildman–Crippen LogP) is 4.40. The number of carbonyl (C=O) groups is 1. The van der Waals surface area contributed by atoms with E-state index in [-0.39, 0.29) is 11.9 Å². The third-order valence-corrected chi connectivity index (χ3v) is 5.89. The second-order valence-corrected chi connectivity index (χ2v) is 8.21. The van der Waals surface area contributed by atoms with Gasteiger partial charge in [-0.1, -0.05) is 48.5 Å². The van der Waals surface area contributed by atoms with Crippen molar-refractivity contribution < 1.29 is 18.0 Å². The van der Waals surface area contributed by atoms with Crippen LogP contribution < -0.4 is 0 Å². The van der Waals surface area contributed by atoms with Gasteiger partial charge in [0.05, 0.1) is 18.2 Å². The number of likely N-dealkylation sites (N-methyl/N-ethyl adjacent to an activating group) is 2. The molecule has 0 fully saturated rings. The van der Waals surface area contributed by atoms with E-state index in [0.29, 0.717) is 37.3 Å². The summed E-state index contributed by atoms with van der Waals surface area (Å²) >= 11 is 0. The van der Waals surface area contributed by atoms with Gasteiger partial charge in [0.15, 0.2) is 0 Å². The Balaban J connectivity index is 1.43. The average molecular weight is 442 g/mol. The van der Waals surface area contributed by atoms with Crippen LogP contribution in [0, 0.1) is 0 Å². The van der Waals surface area contributed by atoms with Crippen LogP contribution in [-0.4, -0.2) is 45.9 Å². The monoisotopic (exact) mass is 442 g/mol. The Morgan fingerprint density at radius 1 is 1.16 bits per heavy atom. The van der Waals surface area contributed by atoms with Crippen molar-refractivity contribution in [2.75, 3.05) is 20.6 Å². The fourth-order valence-electron chi connectivity index (χ4n) is 4.03. The smallest absolute Gasteiger partial charge is 0.340 e. The summed E-state index contributed by atoms with van der Waals surface area (Å²) in [6.45, 7) is 1.62. The van der Waals surface area contributed by atoms with E-state index in [1.807, 2.05) is 29.8 Å². The molecule has 0 N–H and O–H groups in total. The summed E-state index contributed by atoms with van der Waals surface area (Å²) in [6.07, 6.45) is -2.27. The van der Waals surface area contributed by atoms with Gasteiger partial charge in [-0.15, -0.1) is 0 Å². The summed E-state index contributed by atoms with van der Waals surface area (Å²) in [5.41, 5.74) is 1.42. The molecule has 0 aliphatic carbocycles. The molecule has 4 rings (SSSR count). The number of hydrogen-bond donors (Lipinski definition) is 0. The van der Waals surface area contributed by atoms with Gasteiger partial charge in [0.1, 0.15) is 11.5 Å². The van der Waals surface area contributed by atoms with Gasteiger partial charge in [-0.05, 0) is 30.7 Å². The quantitative estimate of drug-likeness (QED) is 0.588. The second-order valence-electron chi connectivity index (χ2n) is 8.21. The first kappa shape index (κ1) is 22.1. The van der Waals surface area contributed by atoms with Crippen LogP contribution in [0.1, 0.15) is 39.0 Å². The van der Waals surface area contributed by atoms with Gasteiger partial charge in [-0.2, -0.15) is 13.2 Å². The maximum absolute atomic E-state index is 12.9. The molecule has 0 saturated heterocycles. The molecule has 1 unspecified atom stereocenters. The Morgan fingerprint density at radius 2 is 1.91 bits per heavy atom. The largest absolute Gasteiger partial charge is 0.416 e. The molecule has 32 heavy (non-hydrogen) atoms. The number of halogens is 3. The molecule has 3 aromatic rings. The third kappa shape index (κ3) is 4.70. The molecule has 0 saturated carbocycles. The number of nitrogens with zero attached hydrogens (tertiary/aromatic N) is 4. The van der Waals surface area contributed by atoms with Gasteiger partial charge in [-0.3, -0.25) is 9.69 Å². The molecule has 0 bridgehead atoms. The zero-order chi connectivity index (χ0) is 22.9. The number of aromatic nitrogens is 2. The summed E-state index contributed by atoms with van der Waals surface area (Å²) in [7, 11) is 3.69. The van der Waals surface area contributed by atoms with Crippen LogP contribution in [0.15, 0.2) is 60.8 Å². The Kier molecular flexibility index (Phi) is 6.06. The molecule has 5 nitrogen and oxygen atoms in total. The van der Waals surface area contributed by atoms with Crippen LogP contribution >= 0.6 is 0 Å². The van der Waals surface area contributed by atoms with Crippen molar-refractivity contribution in [1.29, 1.82) is 0 Å². The van der Waals surface area contributed by atoms with Crippen molar-refractivity contribution in [2.24, 2.45) is 0 Å². The summed E-state index contributed by atoms with van der Waals surface area (Å²) in [5.74, 6) is 0.590. The number of hydrogen-bond acceptors (Lipinski definition) is 3. The fraction of sp³-hybridized carbons (Fsp3) is 0.333. The van der Waals surface area contributed by atoms with Crippen molar-refractivity contribution in [1.82, 2.24) is 19.4 Å². The topological polar surface area (TPSA) is 41.4 Å². The summed E-state index contributed by atoms with van der Waals surface area (Å²) in [4.78, 5) is 21.2. The molecule has 1 amide bonds. The summed E-state index contributed by atoms with van der Waals surface area (Å²) < 4.78 is 40.8. The molecular weight excluding hydrogens is 417 g/mol. The Bertz CT molecular complexity index is 1090. The van der Waals surface area contributed by atoms with Crippen molar-refractivity contribution >= 4 is 5.91 Å². The number of benzene rings is 2. The second kappa shape index (κ2) is 8.78. The molecule has 2 heterocycles. The van der Waals surface area contributed by atoms with Crippen molar-refractivity contribution in [3.05, 3.63) is 89.0 Å². The molecule has 1 aliphatic rings. The molecule has 0 radical (unpaired) electrons. The normalized spacial score (nSPS) is 16.6. The lowest BCUT2D eigenvalue weighted by Gasteiger charge is -2.33. The van der Waals surface area contributed by atoms with E-state index >= 15 is 0 Å². The van der Waals surface area contributed by atoms with Crippen LogP contribution in [0.2, 0.25) is 0 Å². The number of alkyl halides is 3. The van der Waals surface area contributed by atoms with E-state index in [0.717, 1.165) is 18.0 Å². The molecule has 1 aromatic heterocycles. The van der Waals surface area contributed by atoms with Crippen molar-refractivity contribution in [3.8, 4) is 0 Å². The summed E-state index contributed by atoms with van der Waals surface area (Å²) in [6, 6.07) is 15.6. The third-order valence-electron chi connectivity index (χ3n) is 5.89. The standard InChI is InChI=1S/C24H25F3N4O/c1-29(12-11-17-7-6-10-19(13-17)24(25,26)27)23(32)20-14-31-15-21(18-8-4-3-5-9-18)30(2)16-22(31)28-20/h3-10,13-14,21H,11-12,15-16H2,1-2H3. The van der Waals surface area contributed by atoms with Gasteiger partial charge < -0.3 is 9.47 Å². The van der Waals surface area contributed by atoms with Crippen LogP contribution in [-0.2, 0) is 25.7 Å². The first-order valence-electron chi connectivity index (χ1n) is 10.4. The minimum Gasteiger partial charge on any atom is -0.340 e. The van der Waals surface area contributed by atoms with Crippen LogP contribution in [0.4, 0.5) is 13.2 Å². The Labute approximate surface area is 185 Å². The zero-order valence-electron chi connectivity index (χ0n) is 18.0. The van der Waals surface area contributed by atoms with E-state index in [2.05, 4.69) is 22.0 Å². The minimum absolute atomic E-state index is 0.194. The predicted molar refractivity (Wildman–Crippen MR) is 115 cm³/mol. The van der Waals surface area contributed by atoms with E-state index in [1.165, 1.54) is 16.5 Å². The number of amides is 1. The average Bonchev–Trinajstić information content (AvgIpc) is 3.19. The van der Waals surface area contributed by atoms with Gasteiger partial charge >= 0.3 is 6.18 Å². The molecular formula is C24H25F3N4O. The van der Waals surface area contributed by atoms with Gasteiger partial charge in [-0.25, -0.2) is 4.98 Å². The van der Waals surface area contributed by atoms with Crippen LogP contribution in [0.25, 0.3) is 0 Å². The first-order valence-corrected chi connectivity index (χ1v) is 10.4. The van der Waals surface area contributed by atoms with Gasteiger partial charge in [0, 0.05) is 26.3 Å². The van der Waals surface area contributed by atoms with E-state index in [4.69, 9.17) is 0 Å². The minimum atomic E-state index is -4.38. The highest BCUT2D eigenvalue weighted by molar-refractivity contribution is 5.92. The molecule has 2 aromatic carbocycles. The first-order chi connectivity index (χ1) is 15.2. The number of carbonyl (C=O) groups excluding carboxylic acids is 1. The van der Waals surface area contributed by atoms with Crippen LogP contribution in [0.3, 0.4) is 0 Å². The highest BCUT2D eigenvalue weighted by Crippen LogP contribution is 2.30. The Morgan fingerprint density at radius 3 is 2.62 bits per heavy atom. The zero-order valence-corrected chi connectivity index (χ0v) is 18.0. The maximum atomic E-state index is 12.9. The lowest BCUT2D eigenvalue weighted by molar-refractivity contribution is -0.137. The molecule has 1 atom stereocenters. The maximum Gasteiger partial charge on any atom is 0.416 e. The van der Waals surface area contributed by atoms with Gasteiger partial charge in [0.25, 0.3) is 5.91 Å². The van der Waals surface area contributed by atoms with Crippen molar-refractivity contribution in [3.63, 3.8) is 0 Å². The molecule has 1 aliphatic heterocycles. The number of imidazole rings is 1. The molecule has 8 heteroatoms. The fourth-order valence-corrected chi connectivity index (χ4v) is 4.03. The van der Waals surface area contributed by atoms with Gasteiger partial charge in [0.2, 0.25) is 0 Å². The van der Waals surface area contributed by atoms with E-state index < -0.39 is 11.7 Å². The highest BCUT2D eigenvalue weighted by Gasteiger charge is 2.30. The highest BCUT2D eigenvalue weighted by atomic mass is 19.4. The SMILES string of the molecule is CN(CCc1cccc(C(F)(F)F)c1)C(=O)c1cn2c(n1)CN(C)C(c1ccccc1)C2. The lowest BCUT2D eigenvalue weighted by Crippen LogP contribution is -2.34. The molecule has 168 valence electrons. The summed E-state index contributed by atoms with van der Waals surface area (Å²) in [5, 5.41) is 0. The number of rotatable bonds is 5. The Hall–Kier alpha value is -3.13. The van der Waals surface area contributed by atoms with Crippen molar-refractivity contribution in [2.45, 2.75) is 31.7 Å². The van der Waals surface area contributed by atoms with E-state index in [1.54, 1.807) is 19.3 Å².